The second kappa shape index (κ2) is 5.08. The molecule has 15 heavy (non-hydrogen) atoms. The fraction of sp³-hybridized carbons (Fsp3) is 0.286. The summed E-state index contributed by atoms with van der Waals surface area (Å²) in [6.07, 6.45) is 1.54. The lowest BCUT2D eigenvalue weighted by Crippen LogP contribution is -2.40. The van der Waals surface area contributed by atoms with E-state index in [0.29, 0.717) is 5.13 Å². The quantitative estimate of drug-likeness (QED) is 0.788. The summed E-state index contributed by atoms with van der Waals surface area (Å²) < 4.78 is 0.782. The van der Waals surface area contributed by atoms with Crippen LogP contribution in [0.15, 0.2) is 9.98 Å². The van der Waals surface area contributed by atoms with Crippen LogP contribution >= 0.6 is 27.3 Å². The highest BCUT2D eigenvalue weighted by Gasteiger charge is 2.14. The second-order valence-electron chi connectivity index (χ2n) is 2.63. The van der Waals surface area contributed by atoms with Gasteiger partial charge in [0.25, 0.3) is 0 Å². The van der Waals surface area contributed by atoms with Crippen molar-refractivity contribution in [3.8, 4) is 0 Å². The van der Waals surface area contributed by atoms with Crippen LogP contribution in [0, 0.1) is 0 Å². The SMILES string of the molecule is C[C@@H](NC(=O)Nc1ncc(Br)s1)C(=O)O. The van der Waals surface area contributed by atoms with Crippen LogP contribution in [-0.2, 0) is 4.79 Å². The molecule has 6 nitrogen and oxygen atoms in total. The lowest BCUT2D eigenvalue weighted by Gasteiger charge is -2.08. The van der Waals surface area contributed by atoms with Crippen LogP contribution in [0.1, 0.15) is 6.92 Å². The van der Waals surface area contributed by atoms with Crippen LogP contribution in [0.2, 0.25) is 0 Å². The van der Waals surface area contributed by atoms with Gasteiger partial charge in [-0.05, 0) is 22.9 Å². The molecule has 1 rings (SSSR count). The highest BCUT2D eigenvalue weighted by Crippen LogP contribution is 2.22. The number of halogens is 1. The number of carbonyl (C=O) groups excluding carboxylic acids is 1. The molecule has 8 heteroatoms. The fourth-order valence-electron chi connectivity index (χ4n) is 0.704. The summed E-state index contributed by atoms with van der Waals surface area (Å²) in [5, 5.41) is 13.6. The fourth-order valence-corrected chi connectivity index (χ4v) is 1.81. The Labute approximate surface area is 97.8 Å². The van der Waals surface area contributed by atoms with Gasteiger partial charge in [0.2, 0.25) is 0 Å². The van der Waals surface area contributed by atoms with Gasteiger partial charge in [0.1, 0.15) is 6.04 Å². The Bertz CT molecular complexity index is 381. The van der Waals surface area contributed by atoms with E-state index in [-0.39, 0.29) is 0 Å². The van der Waals surface area contributed by atoms with E-state index in [0.717, 1.165) is 3.79 Å². The molecular formula is C7H8BrN3O3S. The van der Waals surface area contributed by atoms with Gasteiger partial charge >= 0.3 is 12.0 Å². The number of nitrogens with one attached hydrogen (secondary N) is 2. The first-order valence-corrected chi connectivity index (χ1v) is 5.51. The summed E-state index contributed by atoms with van der Waals surface area (Å²) >= 11 is 4.42. The van der Waals surface area contributed by atoms with Crippen molar-refractivity contribution in [1.29, 1.82) is 0 Å². The van der Waals surface area contributed by atoms with Gasteiger partial charge in [0.05, 0.1) is 9.98 Å². The molecular weight excluding hydrogens is 286 g/mol. The molecule has 0 bridgehead atoms. The van der Waals surface area contributed by atoms with Crippen molar-refractivity contribution in [1.82, 2.24) is 10.3 Å². The number of hydrogen-bond acceptors (Lipinski definition) is 4. The van der Waals surface area contributed by atoms with Gasteiger partial charge < -0.3 is 10.4 Å². The average molecular weight is 294 g/mol. The maximum Gasteiger partial charge on any atom is 0.325 e. The molecule has 1 aromatic heterocycles. The number of amides is 2. The van der Waals surface area contributed by atoms with Crippen molar-refractivity contribution in [2.45, 2.75) is 13.0 Å². The number of aliphatic carboxylic acids is 1. The number of carboxylic acid groups (broad SMARTS) is 1. The molecule has 0 saturated carbocycles. The van der Waals surface area contributed by atoms with Gasteiger partial charge in [-0.15, -0.1) is 0 Å². The molecule has 1 atom stereocenters. The Morgan fingerprint density at radius 2 is 2.33 bits per heavy atom. The Kier molecular flexibility index (Phi) is 4.04. The third-order valence-electron chi connectivity index (χ3n) is 1.42. The van der Waals surface area contributed by atoms with E-state index >= 15 is 0 Å². The minimum atomic E-state index is -1.09. The van der Waals surface area contributed by atoms with E-state index in [9.17, 15) is 9.59 Å². The summed E-state index contributed by atoms with van der Waals surface area (Å²) in [5.41, 5.74) is 0. The van der Waals surface area contributed by atoms with Crippen molar-refractivity contribution in [3.63, 3.8) is 0 Å². The predicted octanol–water partition coefficient (Wildman–Crippen LogP) is 1.50. The number of anilines is 1. The third-order valence-corrected chi connectivity index (χ3v) is 2.81. The van der Waals surface area contributed by atoms with Crippen molar-refractivity contribution in [2.24, 2.45) is 0 Å². The van der Waals surface area contributed by atoms with E-state index in [1.54, 1.807) is 6.20 Å². The molecule has 0 fully saturated rings. The zero-order valence-electron chi connectivity index (χ0n) is 7.65. The molecule has 1 aromatic rings. The summed E-state index contributed by atoms with van der Waals surface area (Å²) in [6, 6.07) is -1.53. The maximum absolute atomic E-state index is 11.2. The first-order valence-electron chi connectivity index (χ1n) is 3.90. The molecule has 0 aliphatic heterocycles. The number of carbonyl (C=O) groups is 2. The molecule has 2 amide bonds. The van der Waals surface area contributed by atoms with Crippen LogP contribution in [-0.4, -0.2) is 28.1 Å². The summed E-state index contributed by atoms with van der Waals surface area (Å²) in [5.74, 6) is -1.09. The predicted molar refractivity (Wildman–Crippen MR) is 59.1 cm³/mol. The van der Waals surface area contributed by atoms with Crippen LogP contribution in [0.4, 0.5) is 9.93 Å². The van der Waals surface area contributed by atoms with Gasteiger partial charge in [0.15, 0.2) is 5.13 Å². The second-order valence-corrected chi connectivity index (χ2v) is 5.04. The van der Waals surface area contributed by atoms with Crippen molar-refractivity contribution in [3.05, 3.63) is 9.98 Å². The molecule has 0 aromatic carbocycles. The summed E-state index contributed by atoms with van der Waals surface area (Å²) in [4.78, 5) is 25.5. The highest BCUT2D eigenvalue weighted by molar-refractivity contribution is 9.11. The number of urea groups is 1. The first-order chi connectivity index (χ1) is 6.99. The summed E-state index contributed by atoms with van der Waals surface area (Å²) in [6.45, 7) is 1.37. The molecule has 0 radical (unpaired) electrons. The lowest BCUT2D eigenvalue weighted by atomic mass is 10.3. The number of hydrogen-bond donors (Lipinski definition) is 3. The number of carboxylic acids is 1. The van der Waals surface area contributed by atoms with Crippen LogP contribution in [0.25, 0.3) is 0 Å². The maximum atomic E-state index is 11.2. The van der Waals surface area contributed by atoms with Gasteiger partial charge in [-0.1, -0.05) is 11.3 Å². The van der Waals surface area contributed by atoms with Crippen LogP contribution in [0.5, 0.6) is 0 Å². The summed E-state index contributed by atoms with van der Waals surface area (Å²) in [7, 11) is 0. The van der Waals surface area contributed by atoms with E-state index < -0.39 is 18.0 Å². The van der Waals surface area contributed by atoms with Gasteiger partial charge in [-0.25, -0.2) is 9.78 Å². The zero-order chi connectivity index (χ0) is 11.4. The Morgan fingerprint density at radius 1 is 1.67 bits per heavy atom. The molecule has 82 valence electrons. The third kappa shape index (κ3) is 3.84. The van der Waals surface area contributed by atoms with Gasteiger partial charge in [-0.3, -0.25) is 10.1 Å². The molecule has 0 aliphatic rings. The Morgan fingerprint density at radius 3 is 2.80 bits per heavy atom. The number of thiazole rings is 1. The zero-order valence-corrected chi connectivity index (χ0v) is 10.1. The number of nitrogens with zero attached hydrogens (tertiary/aromatic N) is 1. The molecule has 0 saturated heterocycles. The molecule has 3 N–H and O–H groups in total. The van der Waals surface area contributed by atoms with E-state index in [1.807, 2.05) is 0 Å². The lowest BCUT2D eigenvalue weighted by molar-refractivity contribution is -0.138. The minimum Gasteiger partial charge on any atom is -0.480 e. The van der Waals surface area contributed by atoms with Crippen molar-refractivity contribution >= 4 is 44.4 Å². The minimum absolute atomic E-state index is 0.400. The first kappa shape index (κ1) is 11.9. The molecule has 0 aliphatic carbocycles. The van der Waals surface area contributed by atoms with Gasteiger partial charge in [-0.2, -0.15) is 0 Å². The van der Waals surface area contributed by atoms with Crippen molar-refractivity contribution < 1.29 is 14.7 Å². The smallest absolute Gasteiger partial charge is 0.325 e. The Balaban J connectivity index is 2.46. The van der Waals surface area contributed by atoms with Crippen molar-refractivity contribution in [2.75, 3.05) is 5.32 Å². The van der Waals surface area contributed by atoms with Gasteiger partial charge in [0, 0.05) is 0 Å². The van der Waals surface area contributed by atoms with E-state index in [1.165, 1.54) is 18.3 Å². The molecule has 1 heterocycles. The van der Waals surface area contributed by atoms with Crippen LogP contribution < -0.4 is 10.6 Å². The standard InChI is InChI=1S/C7H8BrN3O3S/c1-3(5(12)13)10-6(14)11-7-9-2-4(8)15-7/h2-3H,1H3,(H,12,13)(H2,9,10,11,14)/t3-/m1/s1. The Hall–Kier alpha value is -1.15. The van der Waals surface area contributed by atoms with E-state index in [2.05, 4.69) is 31.5 Å². The van der Waals surface area contributed by atoms with E-state index in [4.69, 9.17) is 5.11 Å². The van der Waals surface area contributed by atoms with Crippen LogP contribution in [0.3, 0.4) is 0 Å². The normalized spacial score (nSPS) is 11.9. The largest absolute Gasteiger partial charge is 0.480 e. The topological polar surface area (TPSA) is 91.3 Å². The highest BCUT2D eigenvalue weighted by atomic mass is 79.9. The molecule has 0 spiro atoms. The molecule has 0 unspecified atom stereocenters. The average Bonchev–Trinajstić information content (AvgIpc) is 2.50. The number of aromatic nitrogens is 1. The monoisotopic (exact) mass is 293 g/mol. The number of rotatable bonds is 3.